The maximum absolute atomic E-state index is 12.0. The summed E-state index contributed by atoms with van der Waals surface area (Å²) in [6.07, 6.45) is 0.636. The highest BCUT2D eigenvalue weighted by molar-refractivity contribution is 7.92. The molecule has 0 spiro atoms. The van der Waals surface area contributed by atoms with Crippen LogP contribution >= 0.6 is 0 Å². The molecule has 0 fully saturated rings. The zero-order valence-electron chi connectivity index (χ0n) is 12.6. The van der Waals surface area contributed by atoms with Gasteiger partial charge >= 0.3 is 5.97 Å². The van der Waals surface area contributed by atoms with E-state index in [1.54, 1.807) is 19.1 Å². The minimum Gasteiger partial charge on any atom is -0.449 e. The van der Waals surface area contributed by atoms with E-state index < -0.39 is 28.0 Å². The number of amides is 1. The van der Waals surface area contributed by atoms with Crippen molar-refractivity contribution in [3.05, 3.63) is 29.3 Å². The summed E-state index contributed by atoms with van der Waals surface area (Å²) < 4.78 is 29.9. The van der Waals surface area contributed by atoms with E-state index in [0.717, 1.165) is 11.8 Å². The van der Waals surface area contributed by atoms with E-state index in [9.17, 15) is 18.0 Å². The van der Waals surface area contributed by atoms with Crippen molar-refractivity contribution >= 4 is 27.6 Å². The van der Waals surface area contributed by atoms with Crippen LogP contribution in [0.4, 0.5) is 5.69 Å². The lowest BCUT2D eigenvalue weighted by molar-refractivity contribution is -0.125. The molecule has 1 amide bonds. The van der Waals surface area contributed by atoms with Crippen molar-refractivity contribution in [1.82, 2.24) is 0 Å². The molecular formula is C14H18N2O5S. The quantitative estimate of drug-likeness (QED) is 0.807. The Morgan fingerprint density at radius 1 is 1.41 bits per heavy atom. The van der Waals surface area contributed by atoms with Gasteiger partial charge in [-0.25, -0.2) is 13.2 Å². The second kappa shape index (κ2) is 5.60. The van der Waals surface area contributed by atoms with Gasteiger partial charge in [0.05, 0.1) is 17.5 Å². The molecule has 0 aromatic heterocycles. The molecule has 120 valence electrons. The number of hydrogen-bond donors (Lipinski definition) is 1. The van der Waals surface area contributed by atoms with Crippen molar-refractivity contribution in [2.75, 3.05) is 10.6 Å². The lowest BCUT2D eigenvalue weighted by Crippen LogP contribution is -2.34. The first-order chi connectivity index (χ1) is 10.1. The number of ether oxygens (including phenoxy) is 1. The lowest BCUT2D eigenvalue weighted by atomic mass is 10.1. The molecule has 2 N–H and O–H groups in total. The van der Waals surface area contributed by atoms with Gasteiger partial charge in [0.25, 0.3) is 5.91 Å². The summed E-state index contributed by atoms with van der Waals surface area (Å²) in [6, 6.07) is 4.43. The van der Waals surface area contributed by atoms with Crippen molar-refractivity contribution in [2.24, 2.45) is 5.73 Å². The zero-order valence-corrected chi connectivity index (χ0v) is 13.4. The number of nitrogens with zero attached hydrogens (tertiary/aromatic N) is 1. The molecule has 0 saturated carbocycles. The van der Waals surface area contributed by atoms with E-state index in [1.807, 2.05) is 0 Å². The van der Waals surface area contributed by atoms with Gasteiger partial charge in [-0.15, -0.1) is 0 Å². The number of anilines is 1. The fourth-order valence-corrected chi connectivity index (χ4v) is 3.79. The number of carbonyl (C=O) groups is 2. The maximum atomic E-state index is 12.0. The first-order valence-corrected chi connectivity index (χ1v) is 8.58. The van der Waals surface area contributed by atoms with Crippen LogP contribution in [0.25, 0.3) is 0 Å². The molecule has 1 aliphatic heterocycles. The molecule has 1 aliphatic rings. The minimum absolute atomic E-state index is 0.208. The maximum Gasteiger partial charge on any atom is 0.338 e. The van der Waals surface area contributed by atoms with Gasteiger partial charge in [0.15, 0.2) is 6.10 Å². The highest BCUT2D eigenvalue weighted by Crippen LogP contribution is 2.34. The van der Waals surface area contributed by atoms with Crippen LogP contribution in [0.2, 0.25) is 0 Å². The van der Waals surface area contributed by atoms with Crippen LogP contribution < -0.4 is 10.0 Å². The Morgan fingerprint density at radius 2 is 2.05 bits per heavy atom. The standard InChI is InChI=1S/C14H18N2O5S/c1-8-6-11-7-10(14(18)21-9(2)13(15)17)4-5-12(11)16(8)22(3,19)20/h4-5,7-9H,6H2,1-3H3,(H2,15,17)/t8-,9+/m1/s1. The van der Waals surface area contributed by atoms with Gasteiger partial charge in [-0.05, 0) is 44.0 Å². The van der Waals surface area contributed by atoms with Crippen molar-refractivity contribution < 1.29 is 22.7 Å². The normalized spacial score (nSPS) is 18.7. The van der Waals surface area contributed by atoms with E-state index >= 15 is 0 Å². The lowest BCUT2D eigenvalue weighted by Gasteiger charge is -2.21. The van der Waals surface area contributed by atoms with E-state index in [1.165, 1.54) is 17.3 Å². The summed E-state index contributed by atoms with van der Waals surface area (Å²) in [5.41, 5.74) is 6.62. The molecule has 2 atom stereocenters. The molecule has 2 rings (SSSR count). The molecule has 8 heteroatoms. The summed E-state index contributed by atoms with van der Waals surface area (Å²) in [5.74, 6) is -1.40. The summed E-state index contributed by atoms with van der Waals surface area (Å²) in [7, 11) is -3.37. The number of carbonyl (C=O) groups excluding carboxylic acids is 2. The molecule has 0 radical (unpaired) electrons. The molecule has 0 unspecified atom stereocenters. The monoisotopic (exact) mass is 326 g/mol. The molecule has 0 saturated heterocycles. The Hall–Kier alpha value is -2.09. The molecule has 1 aromatic rings. The molecule has 0 bridgehead atoms. The molecule has 0 aliphatic carbocycles. The number of nitrogens with two attached hydrogens (primary N) is 1. The molecular weight excluding hydrogens is 308 g/mol. The smallest absolute Gasteiger partial charge is 0.338 e. The van der Waals surface area contributed by atoms with E-state index in [4.69, 9.17) is 10.5 Å². The van der Waals surface area contributed by atoms with Gasteiger partial charge < -0.3 is 10.5 Å². The molecule has 22 heavy (non-hydrogen) atoms. The summed E-state index contributed by atoms with van der Waals surface area (Å²) in [5, 5.41) is 0. The minimum atomic E-state index is -3.37. The second-order valence-corrected chi connectivity index (χ2v) is 7.26. The van der Waals surface area contributed by atoms with Crippen LogP contribution in [0.3, 0.4) is 0 Å². The Morgan fingerprint density at radius 3 is 2.59 bits per heavy atom. The molecule has 7 nitrogen and oxygen atoms in total. The highest BCUT2D eigenvalue weighted by Gasteiger charge is 2.33. The third-order valence-corrected chi connectivity index (χ3v) is 4.78. The summed E-state index contributed by atoms with van der Waals surface area (Å²) >= 11 is 0. The summed E-state index contributed by atoms with van der Waals surface area (Å²) in [6.45, 7) is 3.19. The Balaban J connectivity index is 2.29. The van der Waals surface area contributed by atoms with Crippen molar-refractivity contribution in [1.29, 1.82) is 0 Å². The zero-order chi connectivity index (χ0) is 16.7. The highest BCUT2D eigenvalue weighted by atomic mass is 32.2. The average molecular weight is 326 g/mol. The van der Waals surface area contributed by atoms with Crippen LogP contribution in [-0.4, -0.2) is 38.7 Å². The number of fused-ring (bicyclic) bond motifs is 1. The molecule has 1 aromatic carbocycles. The van der Waals surface area contributed by atoms with E-state index in [2.05, 4.69) is 0 Å². The predicted molar refractivity (Wildman–Crippen MR) is 81.0 cm³/mol. The van der Waals surface area contributed by atoms with Gasteiger partial charge in [0.2, 0.25) is 10.0 Å². The van der Waals surface area contributed by atoms with E-state index in [-0.39, 0.29) is 11.6 Å². The average Bonchev–Trinajstić information content (AvgIpc) is 2.72. The van der Waals surface area contributed by atoms with E-state index in [0.29, 0.717) is 12.1 Å². The largest absolute Gasteiger partial charge is 0.449 e. The first-order valence-electron chi connectivity index (χ1n) is 6.74. The van der Waals surface area contributed by atoms with Crippen molar-refractivity contribution in [3.63, 3.8) is 0 Å². The van der Waals surface area contributed by atoms with Gasteiger partial charge in [0.1, 0.15) is 0 Å². The van der Waals surface area contributed by atoms with Crippen molar-refractivity contribution in [3.8, 4) is 0 Å². The van der Waals surface area contributed by atoms with Crippen LogP contribution in [0.15, 0.2) is 18.2 Å². The van der Waals surface area contributed by atoms with Crippen LogP contribution in [0.5, 0.6) is 0 Å². The third kappa shape index (κ3) is 3.06. The van der Waals surface area contributed by atoms with Gasteiger partial charge in [-0.2, -0.15) is 0 Å². The van der Waals surface area contributed by atoms with Gasteiger partial charge in [0, 0.05) is 6.04 Å². The fraction of sp³-hybridized carbons (Fsp3) is 0.429. The predicted octanol–water partition coefficient (Wildman–Crippen LogP) is 0.428. The fourth-order valence-electron chi connectivity index (χ4n) is 2.52. The number of primary amides is 1. The first kappa shape index (κ1) is 16.3. The number of benzene rings is 1. The van der Waals surface area contributed by atoms with Gasteiger partial charge in [-0.3, -0.25) is 9.10 Å². The van der Waals surface area contributed by atoms with Crippen LogP contribution in [-0.2, 0) is 26.0 Å². The van der Waals surface area contributed by atoms with Crippen LogP contribution in [0.1, 0.15) is 29.8 Å². The number of hydrogen-bond acceptors (Lipinski definition) is 5. The number of esters is 1. The molecule has 1 heterocycles. The SMILES string of the molecule is C[C@H](OC(=O)c1ccc2c(c1)C[C@@H](C)N2S(C)(=O)=O)C(N)=O. The Kier molecular flexibility index (Phi) is 4.15. The topological polar surface area (TPSA) is 107 Å². The third-order valence-electron chi connectivity index (χ3n) is 3.51. The van der Waals surface area contributed by atoms with Crippen LogP contribution in [0, 0.1) is 0 Å². The van der Waals surface area contributed by atoms with Crippen molar-refractivity contribution in [2.45, 2.75) is 32.4 Å². The van der Waals surface area contributed by atoms with Gasteiger partial charge in [-0.1, -0.05) is 0 Å². The summed E-state index contributed by atoms with van der Waals surface area (Å²) in [4.78, 5) is 22.9. The Labute approximate surface area is 129 Å². The number of sulfonamides is 1. The Bertz CT molecular complexity index is 729. The number of rotatable bonds is 4. The second-order valence-electron chi connectivity index (χ2n) is 5.41.